The van der Waals surface area contributed by atoms with Crippen LogP contribution in [0.5, 0.6) is 0 Å². The third-order valence-corrected chi connectivity index (χ3v) is 3.05. The van der Waals surface area contributed by atoms with E-state index < -0.39 is 0 Å². The summed E-state index contributed by atoms with van der Waals surface area (Å²) >= 11 is 0. The zero-order valence-corrected chi connectivity index (χ0v) is 10.6. The lowest BCUT2D eigenvalue weighted by molar-refractivity contribution is -0.115. The van der Waals surface area contributed by atoms with Crippen LogP contribution >= 0.6 is 0 Å². The van der Waals surface area contributed by atoms with E-state index in [1.807, 2.05) is 42.5 Å². The Labute approximate surface area is 115 Å². The number of carbonyl (C=O) groups is 1. The Morgan fingerprint density at radius 3 is 2.80 bits per heavy atom. The SMILES string of the molecule is C=C(C(=O)NC1=CNN=[N+]1)c1cccc2ccccc12. The molecule has 0 spiro atoms. The average Bonchev–Trinajstić information content (AvgIpc) is 2.99. The molecule has 0 saturated heterocycles. The Kier molecular flexibility index (Phi) is 3.01. The number of nitrogens with one attached hydrogen (secondary N) is 2. The Hall–Kier alpha value is -2.95. The van der Waals surface area contributed by atoms with Gasteiger partial charge in [0.1, 0.15) is 0 Å². The van der Waals surface area contributed by atoms with Gasteiger partial charge in [-0.15, -0.1) is 0 Å². The summed E-state index contributed by atoms with van der Waals surface area (Å²) in [6.07, 6.45) is 1.51. The first-order valence-electron chi connectivity index (χ1n) is 6.10. The minimum absolute atomic E-state index is 0.296. The molecule has 1 radical (unpaired) electrons. The second-order valence-corrected chi connectivity index (χ2v) is 4.32. The predicted octanol–water partition coefficient (Wildman–Crippen LogP) is 2.07. The van der Waals surface area contributed by atoms with Gasteiger partial charge in [-0.2, -0.15) is 5.43 Å². The van der Waals surface area contributed by atoms with Crippen LogP contribution in [0.15, 0.2) is 66.3 Å². The molecular weight excluding hydrogens is 252 g/mol. The molecule has 3 rings (SSSR count). The van der Waals surface area contributed by atoms with Gasteiger partial charge in [-0.3, -0.25) is 4.79 Å². The van der Waals surface area contributed by atoms with Crippen molar-refractivity contribution in [1.29, 1.82) is 0 Å². The minimum Gasteiger partial charge on any atom is -0.251 e. The first-order valence-corrected chi connectivity index (χ1v) is 6.10. The van der Waals surface area contributed by atoms with Gasteiger partial charge in [0.05, 0.1) is 10.8 Å². The summed E-state index contributed by atoms with van der Waals surface area (Å²) < 4.78 is 0. The molecule has 0 atom stereocenters. The third-order valence-electron chi connectivity index (χ3n) is 3.05. The van der Waals surface area contributed by atoms with Gasteiger partial charge in [-0.05, 0) is 16.3 Å². The quantitative estimate of drug-likeness (QED) is 0.833. The van der Waals surface area contributed by atoms with Crippen molar-refractivity contribution in [3.05, 3.63) is 66.6 Å². The zero-order valence-electron chi connectivity index (χ0n) is 10.6. The van der Waals surface area contributed by atoms with Crippen LogP contribution in [-0.4, -0.2) is 5.91 Å². The number of hydrogen-bond acceptors (Lipinski definition) is 4. The van der Waals surface area contributed by atoms with Crippen LogP contribution in [0.4, 0.5) is 0 Å². The normalized spacial score (nSPS) is 12.9. The molecule has 97 valence electrons. The Balaban J connectivity index is 1.92. The molecule has 1 aliphatic rings. The van der Waals surface area contributed by atoms with Gasteiger partial charge < -0.3 is 0 Å². The maximum absolute atomic E-state index is 12.2. The fourth-order valence-electron chi connectivity index (χ4n) is 2.07. The average molecular weight is 264 g/mol. The van der Waals surface area contributed by atoms with Crippen molar-refractivity contribution in [2.24, 2.45) is 5.22 Å². The van der Waals surface area contributed by atoms with Gasteiger partial charge in [0.2, 0.25) is 0 Å². The Morgan fingerprint density at radius 2 is 2.00 bits per heavy atom. The van der Waals surface area contributed by atoms with E-state index in [-0.39, 0.29) is 5.91 Å². The number of amides is 1. The monoisotopic (exact) mass is 264 g/mol. The first kappa shape index (κ1) is 12.1. The molecule has 5 heteroatoms. The molecule has 0 aromatic heterocycles. The van der Waals surface area contributed by atoms with Gasteiger partial charge >= 0.3 is 11.7 Å². The highest BCUT2D eigenvalue weighted by Gasteiger charge is 2.19. The van der Waals surface area contributed by atoms with Gasteiger partial charge in [-0.1, -0.05) is 49.0 Å². The second-order valence-electron chi connectivity index (χ2n) is 4.32. The first-order chi connectivity index (χ1) is 9.75. The fourth-order valence-corrected chi connectivity index (χ4v) is 2.07. The number of hydrogen-bond donors (Lipinski definition) is 2. The van der Waals surface area contributed by atoms with Gasteiger partial charge in [0.15, 0.2) is 6.20 Å². The number of rotatable bonds is 3. The number of benzene rings is 2. The molecule has 2 aromatic carbocycles. The molecule has 1 aliphatic heterocycles. The van der Waals surface area contributed by atoms with Gasteiger partial charge in [0, 0.05) is 5.11 Å². The second kappa shape index (κ2) is 4.97. The lowest BCUT2D eigenvalue weighted by atomic mass is 9.99. The van der Waals surface area contributed by atoms with Crippen LogP contribution < -0.4 is 15.9 Å². The molecule has 5 nitrogen and oxygen atoms in total. The molecule has 0 unspecified atom stereocenters. The van der Waals surface area contributed by atoms with Crippen LogP contribution in [0.3, 0.4) is 0 Å². The molecule has 0 bridgehead atoms. The van der Waals surface area contributed by atoms with E-state index in [2.05, 4.69) is 27.7 Å². The summed E-state index contributed by atoms with van der Waals surface area (Å²) in [6, 6.07) is 13.7. The van der Waals surface area contributed by atoms with Crippen LogP contribution in [0, 0.1) is 0 Å². The van der Waals surface area contributed by atoms with Crippen molar-refractivity contribution in [1.82, 2.24) is 15.9 Å². The van der Waals surface area contributed by atoms with Crippen molar-refractivity contribution in [2.45, 2.75) is 0 Å². The van der Waals surface area contributed by atoms with Gasteiger partial charge in [-0.25, -0.2) is 5.32 Å². The van der Waals surface area contributed by atoms with Crippen molar-refractivity contribution < 1.29 is 4.79 Å². The number of nitrogens with zero attached hydrogens (tertiary/aromatic N) is 2. The summed E-state index contributed by atoms with van der Waals surface area (Å²) in [4.78, 5) is 12.2. The molecule has 2 N–H and O–H groups in total. The molecule has 1 amide bonds. The minimum atomic E-state index is -0.296. The Bertz CT molecular complexity index is 756. The van der Waals surface area contributed by atoms with Crippen LogP contribution in [0.2, 0.25) is 0 Å². The van der Waals surface area contributed by atoms with Crippen molar-refractivity contribution in [3.63, 3.8) is 0 Å². The van der Waals surface area contributed by atoms with Crippen LogP contribution in [-0.2, 0) is 4.79 Å². The molecule has 0 fully saturated rings. The summed E-state index contributed by atoms with van der Waals surface area (Å²) in [7, 11) is 0. The van der Waals surface area contributed by atoms with Crippen molar-refractivity contribution in [2.75, 3.05) is 0 Å². The summed E-state index contributed by atoms with van der Waals surface area (Å²) in [5, 5.41) is 12.0. The molecular formula is C15H12N4O+. The van der Waals surface area contributed by atoms with Crippen molar-refractivity contribution in [3.8, 4) is 0 Å². The van der Waals surface area contributed by atoms with E-state index in [0.29, 0.717) is 11.4 Å². The zero-order chi connectivity index (χ0) is 13.9. The predicted molar refractivity (Wildman–Crippen MR) is 76.9 cm³/mol. The molecule has 0 aliphatic carbocycles. The highest BCUT2D eigenvalue weighted by Crippen LogP contribution is 2.24. The van der Waals surface area contributed by atoms with Crippen molar-refractivity contribution >= 4 is 22.3 Å². The van der Waals surface area contributed by atoms with E-state index >= 15 is 0 Å². The largest absolute Gasteiger partial charge is 0.323 e. The summed E-state index contributed by atoms with van der Waals surface area (Å²) in [5.74, 6) is 0.0756. The standard InChI is InChI=1S/C15H12N4O/c1-10(15(20)17-14-9-16-19-18-14)12-8-4-6-11-5-2-3-7-13(11)12/h2-9H,1H2,(H,16,19)(H,17,20)/q+1. The third kappa shape index (κ3) is 2.16. The number of fused-ring (bicyclic) bond motifs is 1. The Morgan fingerprint density at radius 1 is 1.20 bits per heavy atom. The van der Waals surface area contributed by atoms with E-state index in [1.165, 1.54) is 6.20 Å². The van der Waals surface area contributed by atoms with Crippen LogP contribution in [0.25, 0.3) is 16.3 Å². The molecule has 20 heavy (non-hydrogen) atoms. The topological polar surface area (TPSA) is 67.6 Å². The maximum atomic E-state index is 12.2. The molecule has 0 saturated carbocycles. The summed E-state index contributed by atoms with van der Waals surface area (Å²) in [5.41, 5.74) is 3.74. The fraction of sp³-hybridized carbons (Fsp3) is 0. The summed E-state index contributed by atoms with van der Waals surface area (Å²) in [6.45, 7) is 3.89. The van der Waals surface area contributed by atoms with Gasteiger partial charge in [0.25, 0.3) is 0 Å². The highest BCUT2D eigenvalue weighted by atomic mass is 16.1. The molecule has 1 heterocycles. The molecule has 2 aromatic rings. The lowest BCUT2D eigenvalue weighted by Crippen LogP contribution is -2.24. The lowest BCUT2D eigenvalue weighted by Gasteiger charge is -2.07. The van der Waals surface area contributed by atoms with E-state index in [4.69, 9.17) is 0 Å². The number of carbonyl (C=O) groups excluding carboxylic acids is 1. The van der Waals surface area contributed by atoms with Crippen LogP contribution in [0.1, 0.15) is 5.56 Å². The maximum Gasteiger partial charge on any atom is 0.323 e. The highest BCUT2D eigenvalue weighted by molar-refractivity contribution is 6.22. The van der Waals surface area contributed by atoms with E-state index in [0.717, 1.165) is 16.3 Å². The smallest absolute Gasteiger partial charge is 0.251 e. The van der Waals surface area contributed by atoms with E-state index in [9.17, 15) is 4.79 Å². The van der Waals surface area contributed by atoms with E-state index in [1.54, 1.807) is 0 Å².